The highest BCUT2D eigenvalue weighted by Gasteiger charge is 2.23. The van der Waals surface area contributed by atoms with Gasteiger partial charge in [-0.2, -0.15) is 4.98 Å². The molecule has 0 aliphatic carbocycles. The zero-order chi connectivity index (χ0) is 18.6. The third kappa shape index (κ3) is 4.11. The zero-order valence-corrected chi connectivity index (χ0v) is 15.6. The Kier molecular flexibility index (Phi) is 5.07. The van der Waals surface area contributed by atoms with E-state index in [9.17, 15) is 0 Å². The standard InChI is InChI=1S/C21H23N3O3/c1-3-24(12-17-14-25-18-6-4-5-7-19(18)26-17)13-20-22-21(23-27-20)16-10-8-15(2)9-11-16/h4-11,17H,3,12-14H2,1-2H3. The quantitative estimate of drug-likeness (QED) is 0.664. The number of nitrogens with zero attached hydrogens (tertiary/aromatic N) is 3. The molecule has 27 heavy (non-hydrogen) atoms. The maximum atomic E-state index is 6.05. The van der Waals surface area contributed by atoms with Crippen LogP contribution in [-0.4, -0.2) is 40.8 Å². The number of fused-ring (bicyclic) bond motifs is 1. The Labute approximate surface area is 158 Å². The van der Waals surface area contributed by atoms with Crippen molar-refractivity contribution in [1.29, 1.82) is 0 Å². The fraction of sp³-hybridized carbons (Fsp3) is 0.333. The van der Waals surface area contributed by atoms with Gasteiger partial charge in [0.15, 0.2) is 11.5 Å². The van der Waals surface area contributed by atoms with E-state index in [0.717, 1.165) is 30.2 Å². The minimum Gasteiger partial charge on any atom is -0.486 e. The summed E-state index contributed by atoms with van der Waals surface area (Å²) in [5.41, 5.74) is 2.16. The lowest BCUT2D eigenvalue weighted by atomic mass is 10.1. The Morgan fingerprint density at radius 1 is 1.07 bits per heavy atom. The van der Waals surface area contributed by atoms with E-state index in [4.69, 9.17) is 14.0 Å². The van der Waals surface area contributed by atoms with Crippen LogP contribution in [0.15, 0.2) is 53.1 Å². The van der Waals surface area contributed by atoms with E-state index < -0.39 is 0 Å². The Hall–Kier alpha value is -2.86. The van der Waals surface area contributed by atoms with Crippen molar-refractivity contribution < 1.29 is 14.0 Å². The molecule has 0 N–H and O–H groups in total. The number of benzene rings is 2. The maximum absolute atomic E-state index is 6.05. The molecule has 0 spiro atoms. The van der Waals surface area contributed by atoms with Gasteiger partial charge in [0.25, 0.3) is 0 Å². The van der Waals surface area contributed by atoms with Crippen LogP contribution < -0.4 is 9.47 Å². The lowest BCUT2D eigenvalue weighted by molar-refractivity contribution is 0.0551. The van der Waals surface area contributed by atoms with Gasteiger partial charge in [-0.3, -0.25) is 4.90 Å². The summed E-state index contributed by atoms with van der Waals surface area (Å²) in [5.74, 6) is 2.82. The van der Waals surface area contributed by atoms with E-state index >= 15 is 0 Å². The molecular weight excluding hydrogens is 342 g/mol. The van der Waals surface area contributed by atoms with E-state index in [1.54, 1.807) is 0 Å². The molecule has 1 atom stereocenters. The van der Waals surface area contributed by atoms with Crippen LogP contribution in [0.5, 0.6) is 11.5 Å². The summed E-state index contributed by atoms with van der Waals surface area (Å²) in [7, 11) is 0. The van der Waals surface area contributed by atoms with E-state index in [2.05, 4.69) is 28.9 Å². The topological polar surface area (TPSA) is 60.6 Å². The van der Waals surface area contributed by atoms with Gasteiger partial charge >= 0.3 is 0 Å². The molecular formula is C21H23N3O3. The summed E-state index contributed by atoms with van der Waals surface area (Å²) >= 11 is 0. The summed E-state index contributed by atoms with van der Waals surface area (Å²) < 4.78 is 17.3. The van der Waals surface area contributed by atoms with E-state index in [-0.39, 0.29) is 6.10 Å². The molecule has 0 saturated carbocycles. The van der Waals surface area contributed by atoms with Crippen molar-refractivity contribution in [3.63, 3.8) is 0 Å². The largest absolute Gasteiger partial charge is 0.486 e. The molecule has 1 aliphatic rings. The van der Waals surface area contributed by atoms with Gasteiger partial charge in [-0.05, 0) is 25.6 Å². The summed E-state index contributed by atoms with van der Waals surface area (Å²) in [5, 5.41) is 4.11. The molecule has 0 fully saturated rings. The molecule has 2 heterocycles. The molecule has 1 unspecified atom stereocenters. The summed E-state index contributed by atoms with van der Waals surface area (Å²) in [6.07, 6.45) is -0.0284. The average molecular weight is 365 g/mol. The van der Waals surface area contributed by atoms with Gasteiger partial charge in [-0.1, -0.05) is 54.0 Å². The highest BCUT2D eigenvalue weighted by Crippen LogP contribution is 2.31. The molecule has 1 aromatic heterocycles. The minimum absolute atomic E-state index is 0.0284. The number of aryl methyl sites for hydroxylation is 1. The van der Waals surface area contributed by atoms with Crippen molar-refractivity contribution in [1.82, 2.24) is 15.0 Å². The molecule has 6 heteroatoms. The van der Waals surface area contributed by atoms with Gasteiger partial charge in [0.05, 0.1) is 6.54 Å². The van der Waals surface area contributed by atoms with Crippen LogP contribution >= 0.6 is 0 Å². The molecule has 6 nitrogen and oxygen atoms in total. The van der Waals surface area contributed by atoms with Crippen LogP contribution in [-0.2, 0) is 6.54 Å². The molecule has 4 rings (SSSR count). The van der Waals surface area contributed by atoms with E-state index in [1.165, 1.54) is 5.56 Å². The number of hydrogen-bond acceptors (Lipinski definition) is 6. The van der Waals surface area contributed by atoms with Crippen molar-refractivity contribution in [2.45, 2.75) is 26.5 Å². The van der Waals surface area contributed by atoms with Crippen LogP contribution in [0.25, 0.3) is 11.4 Å². The summed E-state index contributed by atoms with van der Waals surface area (Å²) in [6.45, 7) is 6.86. The smallest absolute Gasteiger partial charge is 0.241 e. The third-order valence-corrected chi connectivity index (χ3v) is 4.61. The van der Waals surface area contributed by atoms with Crippen molar-refractivity contribution >= 4 is 0 Å². The second kappa shape index (κ2) is 7.80. The Morgan fingerprint density at radius 2 is 1.85 bits per heavy atom. The monoisotopic (exact) mass is 365 g/mol. The van der Waals surface area contributed by atoms with Crippen LogP contribution in [0, 0.1) is 6.92 Å². The van der Waals surface area contributed by atoms with Crippen molar-refractivity contribution in [2.24, 2.45) is 0 Å². The predicted molar refractivity (Wildman–Crippen MR) is 102 cm³/mol. The molecule has 0 saturated heterocycles. The van der Waals surface area contributed by atoms with Crippen molar-refractivity contribution in [3.05, 3.63) is 60.0 Å². The molecule has 140 valence electrons. The highest BCUT2D eigenvalue weighted by atomic mass is 16.6. The number of likely N-dealkylation sites (N-methyl/N-ethyl adjacent to an activating group) is 1. The second-order valence-corrected chi connectivity index (χ2v) is 6.70. The lowest BCUT2D eigenvalue weighted by Crippen LogP contribution is -2.40. The van der Waals surface area contributed by atoms with Crippen LogP contribution in [0.3, 0.4) is 0 Å². The van der Waals surface area contributed by atoms with Gasteiger partial charge in [0.2, 0.25) is 11.7 Å². The number of para-hydroxylation sites is 2. The van der Waals surface area contributed by atoms with Crippen LogP contribution in [0.4, 0.5) is 0 Å². The first-order chi connectivity index (χ1) is 13.2. The van der Waals surface area contributed by atoms with Crippen LogP contribution in [0.1, 0.15) is 18.4 Å². The van der Waals surface area contributed by atoms with Gasteiger partial charge in [0, 0.05) is 12.1 Å². The predicted octanol–water partition coefficient (Wildman–Crippen LogP) is 3.71. The fourth-order valence-electron chi connectivity index (χ4n) is 3.08. The number of rotatable bonds is 6. The normalized spacial score (nSPS) is 15.9. The van der Waals surface area contributed by atoms with Crippen LogP contribution in [0.2, 0.25) is 0 Å². The summed E-state index contributed by atoms with van der Waals surface area (Å²) in [6, 6.07) is 15.9. The first-order valence-electron chi connectivity index (χ1n) is 9.21. The van der Waals surface area contributed by atoms with Gasteiger partial charge in [-0.15, -0.1) is 0 Å². The number of ether oxygens (including phenoxy) is 2. The second-order valence-electron chi connectivity index (χ2n) is 6.70. The fourth-order valence-corrected chi connectivity index (χ4v) is 3.08. The third-order valence-electron chi connectivity index (χ3n) is 4.61. The number of hydrogen-bond donors (Lipinski definition) is 0. The highest BCUT2D eigenvalue weighted by molar-refractivity contribution is 5.54. The first-order valence-corrected chi connectivity index (χ1v) is 9.21. The van der Waals surface area contributed by atoms with Gasteiger partial charge < -0.3 is 14.0 Å². The molecule has 0 amide bonds. The molecule has 0 radical (unpaired) electrons. The minimum atomic E-state index is -0.0284. The first kappa shape index (κ1) is 17.5. The SMILES string of the molecule is CCN(Cc1nc(-c2ccc(C)cc2)no1)CC1COc2ccccc2O1. The van der Waals surface area contributed by atoms with E-state index in [0.29, 0.717) is 24.9 Å². The maximum Gasteiger partial charge on any atom is 0.241 e. The molecule has 2 aromatic carbocycles. The Morgan fingerprint density at radius 3 is 2.63 bits per heavy atom. The Bertz CT molecular complexity index is 892. The lowest BCUT2D eigenvalue weighted by Gasteiger charge is -2.30. The molecule has 0 bridgehead atoms. The van der Waals surface area contributed by atoms with E-state index in [1.807, 2.05) is 48.5 Å². The zero-order valence-electron chi connectivity index (χ0n) is 15.6. The van der Waals surface area contributed by atoms with Gasteiger partial charge in [-0.25, -0.2) is 0 Å². The van der Waals surface area contributed by atoms with Crippen molar-refractivity contribution in [2.75, 3.05) is 19.7 Å². The molecule has 3 aromatic rings. The van der Waals surface area contributed by atoms with Crippen molar-refractivity contribution in [3.8, 4) is 22.9 Å². The number of aromatic nitrogens is 2. The van der Waals surface area contributed by atoms with Gasteiger partial charge in [0.1, 0.15) is 12.7 Å². The molecule has 1 aliphatic heterocycles. The average Bonchev–Trinajstić information content (AvgIpc) is 3.16. The Balaban J connectivity index is 1.39. The summed E-state index contributed by atoms with van der Waals surface area (Å²) in [4.78, 5) is 6.75.